The lowest BCUT2D eigenvalue weighted by Crippen LogP contribution is -2.21. The van der Waals surface area contributed by atoms with Crippen LogP contribution in [0.25, 0.3) is 6.08 Å². The molecule has 0 fully saturated rings. The predicted octanol–water partition coefficient (Wildman–Crippen LogP) is 6.15. The van der Waals surface area contributed by atoms with Crippen molar-refractivity contribution in [2.75, 3.05) is 13.1 Å². The Morgan fingerprint density at radius 1 is 1.21 bits per heavy atom. The summed E-state index contributed by atoms with van der Waals surface area (Å²) in [6.45, 7) is 6.79. The molecule has 0 saturated heterocycles. The highest BCUT2D eigenvalue weighted by atomic mass is 35.5. The average molecular weight is 435 g/mol. The van der Waals surface area contributed by atoms with Crippen molar-refractivity contribution >= 4 is 41.4 Å². The smallest absolute Gasteiger partial charge is 0.243 e. The molecule has 0 aliphatic heterocycles. The lowest BCUT2D eigenvalue weighted by Gasteiger charge is -2.03. The van der Waals surface area contributed by atoms with Gasteiger partial charge in [-0.15, -0.1) is 0 Å². The number of nitrogens with one attached hydrogen (secondary N) is 1. The summed E-state index contributed by atoms with van der Waals surface area (Å²) in [5.41, 5.74) is 1.49. The van der Waals surface area contributed by atoms with Gasteiger partial charge in [0.15, 0.2) is 0 Å². The van der Waals surface area contributed by atoms with Crippen LogP contribution in [0.15, 0.2) is 59.7 Å². The maximum Gasteiger partial charge on any atom is 0.243 e. The van der Waals surface area contributed by atoms with E-state index < -0.39 is 0 Å². The Labute approximate surface area is 183 Å². The first-order chi connectivity index (χ1) is 14.0. The van der Waals surface area contributed by atoms with Crippen LogP contribution in [0.5, 0.6) is 5.75 Å². The van der Waals surface area contributed by atoms with Crippen LogP contribution >= 0.6 is 23.2 Å². The summed E-state index contributed by atoms with van der Waals surface area (Å²) < 4.78 is 0. The minimum atomic E-state index is -0.124. The SMILES string of the molecule is C=CC(=O)NCCCCCCN=C/C=C(\C=C/C)/C=C/c1cc(Cl)cc(Cl)c1O. The van der Waals surface area contributed by atoms with E-state index in [-0.39, 0.29) is 16.7 Å². The van der Waals surface area contributed by atoms with Crippen LogP contribution in [0.4, 0.5) is 0 Å². The zero-order chi connectivity index (χ0) is 21.5. The summed E-state index contributed by atoms with van der Waals surface area (Å²) in [4.78, 5) is 15.4. The molecule has 0 spiro atoms. The van der Waals surface area contributed by atoms with E-state index in [0.717, 1.165) is 37.8 Å². The molecule has 156 valence electrons. The van der Waals surface area contributed by atoms with Crippen LogP contribution in [-0.4, -0.2) is 30.3 Å². The molecule has 0 unspecified atom stereocenters. The second-order valence-corrected chi connectivity index (χ2v) is 7.13. The number of phenols is 1. The minimum absolute atomic E-state index is 0.00451. The van der Waals surface area contributed by atoms with Crippen molar-refractivity contribution in [3.05, 3.63) is 70.3 Å². The molecule has 0 atom stereocenters. The summed E-state index contributed by atoms with van der Waals surface area (Å²) in [5.74, 6) is -0.120. The largest absolute Gasteiger partial charge is 0.506 e. The van der Waals surface area contributed by atoms with E-state index >= 15 is 0 Å². The van der Waals surface area contributed by atoms with Crippen LogP contribution < -0.4 is 5.32 Å². The van der Waals surface area contributed by atoms with Gasteiger partial charge >= 0.3 is 0 Å². The molecule has 1 aromatic rings. The van der Waals surface area contributed by atoms with Crippen molar-refractivity contribution in [3.8, 4) is 5.75 Å². The maximum absolute atomic E-state index is 11.0. The first-order valence-corrected chi connectivity index (χ1v) is 10.3. The fraction of sp³-hybridized carbons (Fsp3) is 0.304. The topological polar surface area (TPSA) is 61.7 Å². The number of hydrogen-bond donors (Lipinski definition) is 2. The Hall–Kier alpha value is -2.30. The Bertz CT molecular complexity index is 796. The molecule has 0 bridgehead atoms. The molecular formula is C23H28Cl2N2O2. The second kappa shape index (κ2) is 14.7. The second-order valence-electron chi connectivity index (χ2n) is 6.29. The molecule has 0 aliphatic rings. The molecule has 0 aromatic heterocycles. The van der Waals surface area contributed by atoms with E-state index in [4.69, 9.17) is 23.2 Å². The predicted molar refractivity (Wildman–Crippen MR) is 125 cm³/mol. The average Bonchev–Trinajstić information content (AvgIpc) is 2.70. The molecule has 0 saturated carbocycles. The van der Waals surface area contributed by atoms with E-state index in [2.05, 4.69) is 16.9 Å². The molecule has 1 amide bonds. The van der Waals surface area contributed by atoms with Crippen LogP contribution in [0.3, 0.4) is 0 Å². The van der Waals surface area contributed by atoms with Gasteiger partial charge in [0, 0.05) is 29.9 Å². The van der Waals surface area contributed by atoms with Crippen molar-refractivity contribution < 1.29 is 9.90 Å². The molecule has 29 heavy (non-hydrogen) atoms. The highest BCUT2D eigenvalue weighted by Gasteiger charge is 2.05. The Balaban J connectivity index is 2.46. The number of nitrogens with zero attached hydrogens (tertiary/aromatic N) is 1. The third kappa shape index (κ3) is 10.7. The number of amides is 1. The van der Waals surface area contributed by atoms with Crippen molar-refractivity contribution in [1.29, 1.82) is 0 Å². The Morgan fingerprint density at radius 3 is 2.69 bits per heavy atom. The van der Waals surface area contributed by atoms with E-state index in [1.54, 1.807) is 18.4 Å². The summed E-state index contributed by atoms with van der Waals surface area (Å²) in [5, 5.41) is 13.5. The molecule has 1 rings (SSSR count). The number of aliphatic imine (C=N–C) groups is 1. The van der Waals surface area contributed by atoms with Crippen LogP contribution in [0.1, 0.15) is 38.2 Å². The summed E-state index contributed by atoms with van der Waals surface area (Å²) in [6.07, 6.45) is 16.6. The van der Waals surface area contributed by atoms with Gasteiger partial charge in [-0.3, -0.25) is 9.79 Å². The van der Waals surface area contributed by atoms with Gasteiger partial charge in [-0.25, -0.2) is 0 Å². The fourth-order valence-electron chi connectivity index (χ4n) is 2.44. The lowest BCUT2D eigenvalue weighted by atomic mass is 10.1. The highest BCUT2D eigenvalue weighted by molar-refractivity contribution is 6.35. The zero-order valence-corrected chi connectivity index (χ0v) is 18.2. The molecule has 2 N–H and O–H groups in total. The molecule has 1 aromatic carbocycles. The van der Waals surface area contributed by atoms with Crippen molar-refractivity contribution in [1.82, 2.24) is 5.32 Å². The maximum atomic E-state index is 11.0. The number of halogens is 2. The third-order valence-corrected chi connectivity index (χ3v) is 4.45. The highest BCUT2D eigenvalue weighted by Crippen LogP contribution is 2.32. The number of hydrogen-bond acceptors (Lipinski definition) is 3. The van der Waals surface area contributed by atoms with E-state index in [9.17, 15) is 9.90 Å². The van der Waals surface area contributed by atoms with E-state index in [1.165, 1.54) is 12.1 Å². The third-order valence-electron chi connectivity index (χ3n) is 3.94. The number of allylic oxidation sites excluding steroid dienone is 5. The monoisotopic (exact) mass is 434 g/mol. The summed E-state index contributed by atoms with van der Waals surface area (Å²) in [7, 11) is 0. The Morgan fingerprint density at radius 2 is 1.97 bits per heavy atom. The van der Waals surface area contributed by atoms with Crippen molar-refractivity contribution in [3.63, 3.8) is 0 Å². The molecule has 0 radical (unpaired) electrons. The van der Waals surface area contributed by atoms with E-state index in [0.29, 0.717) is 17.1 Å². The van der Waals surface area contributed by atoms with Gasteiger partial charge in [0.1, 0.15) is 5.75 Å². The number of carbonyl (C=O) groups excluding carboxylic acids is 1. The zero-order valence-electron chi connectivity index (χ0n) is 16.7. The minimum Gasteiger partial charge on any atom is -0.506 e. The Kier molecular flexibility index (Phi) is 12.5. The van der Waals surface area contributed by atoms with Gasteiger partial charge in [-0.2, -0.15) is 0 Å². The summed E-state index contributed by atoms with van der Waals surface area (Å²) >= 11 is 11.9. The summed E-state index contributed by atoms with van der Waals surface area (Å²) in [6, 6.07) is 3.16. The van der Waals surface area contributed by atoms with Crippen molar-refractivity contribution in [2.24, 2.45) is 4.99 Å². The van der Waals surface area contributed by atoms with Gasteiger partial charge in [0.2, 0.25) is 5.91 Å². The first-order valence-electron chi connectivity index (χ1n) is 9.57. The number of aromatic hydroxyl groups is 1. The quantitative estimate of drug-likeness (QED) is 0.179. The number of phenolic OH excluding ortho intramolecular Hbond substituents is 1. The normalized spacial score (nSPS) is 12.3. The number of carbonyl (C=O) groups is 1. The van der Waals surface area contributed by atoms with Crippen LogP contribution in [0, 0.1) is 0 Å². The van der Waals surface area contributed by atoms with Crippen LogP contribution in [0.2, 0.25) is 10.0 Å². The number of rotatable bonds is 12. The molecular weight excluding hydrogens is 407 g/mol. The number of unbranched alkanes of at least 4 members (excludes halogenated alkanes) is 3. The lowest BCUT2D eigenvalue weighted by molar-refractivity contribution is -0.116. The molecule has 0 aliphatic carbocycles. The van der Waals surface area contributed by atoms with E-state index in [1.807, 2.05) is 31.2 Å². The first kappa shape index (κ1) is 24.7. The molecule has 4 nitrogen and oxygen atoms in total. The number of benzene rings is 1. The van der Waals surface area contributed by atoms with Gasteiger partial charge in [0.05, 0.1) is 5.02 Å². The van der Waals surface area contributed by atoms with Gasteiger partial charge < -0.3 is 10.4 Å². The molecule has 6 heteroatoms. The fourth-order valence-corrected chi connectivity index (χ4v) is 2.95. The van der Waals surface area contributed by atoms with Gasteiger partial charge in [-0.1, -0.05) is 66.9 Å². The standard InChI is InChI=1S/C23H28Cl2N2O2/c1-3-9-18(10-11-19-16-20(24)17-21(25)23(19)29)12-15-26-13-7-5-6-8-14-27-22(28)4-2/h3-4,9-12,15-17,29H,2,5-8,13-14H2,1H3,(H,27,28)/b9-3-,11-10+,18-12+,26-15?. The van der Waals surface area contributed by atoms with Crippen molar-refractivity contribution in [2.45, 2.75) is 32.6 Å². The molecule has 0 heterocycles. The van der Waals surface area contributed by atoms with Gasteiger partial charge in [-0.05, 0) is 49.6 Å². The van der Waals surface area contributed by atoms with Gasteiger partial charge in [0.25, 0.3) is 0 Å². The van der Waals surface area contributed by atoms with Crippen LogP contribution in [-0.2, 0) is 4.79 Å².